The Morgan fingerprint density at radius 1 is 1.68 bits per heavy atom. The SMILES string of the molecule is C=C1[C@@H](n2ccc(N)nc2=O)C[C@@]2(O)C(O)[C@@]12C#N. The fourth-order valence-electron chi connectivity index (χ4n) is 3.06. The van der Waals surface area contributed by atoms with E-state index < -0.39 is 28.9 Å². The van der Waals surface area contributed by atoms with Crippen LogP contribution in [0.5, 0.6) is 0 Å². The zero-order valence-electron chi connectivity index (χ0n) is 9.95. The number of aliphatic hydroxyl groups excluding tert-OH is 1. The van der Waals surface area contributed by atoms with Crippen molar-refractivity contribution in [3.63, 3.8) is 0 Å². The second-order valence-corrected chi connectivity index (χ2v) is 5.03. The Bertz CT molecular complexity index is 691. The molecular weight excluding hydrogens is 248 g/mol. The van der Waals surface area contributed by atoms with Gasteiger partial charge in [0.05, 0.1) is 12.1 Å². The highest BCUT2D eigenvalue weighted by Crippen LogP contribution is 2.71. The average Bonchev–Trinajstić information content (AvgIpc) is 2.71. The van der Waals surface area contributed by atoms with E-state index >= 15 is 0 Å². The molecule has 1 aromatic rings. The maximum atomic E-state index is 11.8. The van der Waals surface area contributed by atoms with E-state index in [1.807, 2.05) is 6.07 Å². The van der Waals surface area contributed by atoms with Crippen molar-refractivity contribution < 1.29 is 10.2 Å². The number of rotatable bonds is 1. The zero-order valence-corrected chi connectivity index (χ0v) is 9.95. The second-order valence-electron chi connectivity index (χ2n) is 5.03. The van der Waals surface area contributed by atoms with Crippen LogP contribution < -0.4 is 11.4 Å². The fourth-order valence-corrected chi connectivity index (χ4v) is 3.06. The Morgan fingerprint density at radius 3 is 2.89 bits per heavy atom. The predicted molar refractivity (Wildman–Crippen MR) is 64.7 cm³/mol. The van der Waals surface area contributed by atoms with E-state index in [1.54, 1.807) is 0 Å². The van der Waals surface area contributed by atoms with Crippen LogP contribution in [0.3, 0.4) is 0 Å². The molecule has 0 spiro atoms. The molecule has 1 heterocycles. The summed E-state index contributed by atoms with van der Waals surface area (Å²) < 4.78 is 1.27. The van der Waals surface area contributed by atoms with Crippen LogP contribution >= 0.6 is 0 Å². The Kier molecular flexibility index (Phi) is 2.02. The summed E-state index contributed by atoms with van der Waals surface area (Å²) in [6.45, 7) is 3.78. The molecule has 2 fully saturated rings. The van der Waals surface area contributed by atoms with Gasteiger partial charge in [-0.15, -0.1) is 0 Å². The van der Waals surface area contributed by atoms with Gasteiger partial charge in [0, 0.05) is 12.6 Å². The number of anilines is 1. The van der Waals surface area contributed by atoms with Crippen molar-refractivity contribution >= 4 is 5.82 Å². The standard InChI is InChI=1S/C12H12N4O3/c1-6-7(16-3-2-8(14)15-10(16)18)4-12(19)9(17)11(6,12)5-13/h2-3,7,9,17,19H,1,4H2,(H2,14,15,18)/t7-,9?,11+,12+/m0/s1. The minimum atomic E-state index is -1.52. The smallest absolute Gasteiger partial charge is 0.350 e. The molecule has 7 nitrogen and oxygen atoms in total. The van der Waals surface area contributed by atoms with Crippen molar-refractivity contribution in [2.24, 2.45) is 5.41 Å². The molecule has 98 valence electrons. The van der Waals surface area contributed by atoms with E-state index in [2.05, 4.69) is 11.6 Å². The fraction of sp³-hybridized carbons (Fsp3) is 0.417. The van der Waals surface area contributed by atoms with Crippen molar-refractivity contribution in [1.82, 2.24) is 9.55 Å². The van der Waals surface area contributed by atoms with Crippen LogP contribution in [0.1, 0.15) is 12.5 Å². The van der Waals surface area contributed by atoms with Crippen LogP contribution in [0.2, 0.25) is 0 Å². The molecule has 0 radical (unpaired) electrons. The summed E-state index contributed by atoms with van der Waals surface area (Å²) in [5, 5.41) is 29.2. The summed E-state index contributed by atoms with van der Waals surface area (Å²) in [6.07, 6.45) is 0.365. The maximum absolute atomic E-state index is 11.8. The Labute approximate surface area is 108 Å². The molecule has 2 aliphatic rings. The van der Waals surface area contributed by atoms with E-state index in [4.69, 9.17) is 5.73 Å². The third-order valence-corrected chi connectivity index (χ3v) is 4.24. The van der Waals surface area contributed by atoms with Crippen LogP contribution in [0.25, 0.3) is 0 Å². The molecule has 4 N–H and O–H groups in total. The first kappa shape index (κ1) is 11.9. The first-order valence-electron chi connectivity index (χ1n) is 5.74. The van der Waals surface area contributed by atoms with E-state index in [0.717, 1.165) is 0 Å². The molecule has 19 heavy (non-hydrogen) atoms. The predicted octanol–water partition coefficient (Wildman–Crippen LogP) is -1.06. The highest BCUT2D eigenvalue weighted by Gasteiger charge is 2.83. The minimum absolute atomic E-state index is 0.0616. The van der Waals surface area contributed by atoms with Crippen molar-refractivity contribution in [2.75, 3.05) is 5.73 Å². The Morgan fingerprint density at radius 2 is 2.37 bits per heavy atom. The van der Waals surface area contributed by atoms with Crippen molar-refractivity contribution in [1.29, 1.82) is 5.26 Å². The first-order valence-corrected chi connectivity index (χ1v) is 5.74. The molecule has 4 atom stereocenters. The maximum Gasteiger partial charge on any atom is 0.350 e. The van der Waals surface area contributed by atoms with Crippen molar-refractivity contribution in [2.45, 2.75) is 24.2 Å². The lowest BCUT2D eigenvalue weighted by molar-refractivity contribution is 0.0729. The van der Waals surface area contributed by atoms with Gasteiger partial charge in [-0.25, -0.2) is 4.79 Å². The van der Waals surface area contributed by atoms with Gasteiger partial charge in [0.1, 0.15) is 22.9 Å². The van der Waals surface area contributed by atoms with Gasteiger partial charge in [-0.1, -0.05) is 6.58 Å². The number of hydrogen-bond donors (Lipinski definition) is 3. The quantitative estimate of drug-likeness (QED) is 0.553. The van der Waals surface area contributed by atoms with Crippen molar-refractivity contribution in [3.8, 4) is 6.07 Å². The molecular formula is C12H12N4O3. The third kappa shape index (κ3) is 1.13. The van der Waals surface area contributed by atoms with Gasteiger partial charge < -0.3 is 15.9 Å². The Balaban J connectivity index is 2.06. The van der Waals surface area contributed by atoms with Crippen LogP contribution in [-0.4, -0.2) is 31.5 Å². The monoisotopic (exact) mass is 260 g/mol. The summed E-state index contributed by atoms with van der Waals surface area (Å²) in [4.78, 5) is 15.4. The molecule has 0 bridgehead atoms. The largest absolute Gasteiger partial charge is 0.388 e. The second kappa shape index (κ2) is 3.23. The number of nitrogens with zero attached hydrogens (tertiary/aromatic N) is 3. The normalized spacial score (nSPS) is 39.7. The molecule has 0 amide bonds. The lowest BCUT2D eigenvalue weighted by Gasteiger charge is -2.19. The van der Waals surface area contributed by atoms with Gasteiger partial charge in [0.2, 0.25) is 0 Å². The Hall–Kier alpha value is -2.17. The molecule has 1 unspecified atom stereocenters. The zero-order chi connectivity index (χ0) is 14.0. The van der Waals surface area contributed by atoms with Gasteiger partial charge in [-0.3, -0.25) is 4.57 Å². The molecule has 0 saturated heterocycles. The lowest BCUT2D eigenvalue weighted by atomic mass is 9.96. The molecule has 3 rings (SSSR count). The molecule has 0 aromatic carbocycles. The number of fused-ring (bicyclic) bond motifs is 1. The number of nitrogen functional groups attached to an aromatic ring is 1. The van der Waals surface area contributed by atoms with Crippen LogP contribution in [0, 0.1) is 16.7 Å². The van der Waals surface area contributed by atoms with Gasteiger partial charge in [0.25, 0.3) is 0 Å². The minimum Gasteiger partial charge on any atom is -0.388 e. The third-order valence-electron chi connectivity index (χ3n) is 4.24. The number of aliphatic hydroxyl groups is 2. The van der Waals surface area contributed by atoms with Gasteiger partial charge in [-0.2, -0.15) is 10.2 Å². The topological polar surface area (TPSA) is 125 Å². The molecule has 0 aliphatic heterocycles. The van der Waals surface area contributed by atoms with Gasteiger partial charge in [-0.05, 0) is 11.6 Å². The summed E-state index contributed by atoms with van der Waals surface area (Å²) in [5.41, 5.74) is 2.27. The first-order chi connectivity index (χ1) is 8.88. The number of aromatic nitrogens is 2. The molecule has 2 saturated carbocycles. The van der Waals surface area contributed by atoms with Crippen molar-refractivity contribution in [3.05, 3.63) is 34.9 Å². The summed E-state index contributed by atoms with van der Waals surface area (Å²) in [7, 11) is 0. The van der Waals surface area contributed by atoms with E-state index in [1.165, 1.54) is 16.8 Å². The summed E-state index contributed by atoms with van der Waals surface area (Å²) in [6, 6.07) is 2.82. The van der Waals surface area contributed by atoms with Crippen LogP contribution in [0.4, 0.5) is 5.82 Å². The molecule has 7 heteroatoms. The average molecular weight is 260 g/mol. The van der Waals surface area contributed by atoms with Gasteiger partial charge in [0.15, 0.2) is 0 Å². The molecule has 1 aromatic heterocycles. The summed E-state index contributed by atoms with van der Waals surface area (Å²) >= 11 is 0. The van der Waals surface area contributed by atoms with E-state index in [-0.39, 0.29) is 12.2 Å². The van der Waals surface area contributed by atoms with Crippen LogP contribution in [-0.2, 0) is 0 Å². The highest BCUT2D eigenvalue weighted by molar-refractivity contribution is 5.52. The summed E-state index contributed by atoms with van der Waals surface area (Å²) in [5.74, 6) is 0.101. The number of nitriles is 1. The van der Waals surface area contributed by atoms with E-state index in [9.17, 15) is 20.3 Å². The van der Waals surface area contributed by atoms with Gasteiger partial charge >= 0.3 is 5.69 Å². The number of hydrogen-bond acceptors (Lipinski definition) is 6. The highest BCUT2D eigenvalue weighted by atomic mass is 16.4. The molecule has 2 aliphatic carbocycles. The lowest BCUT2D eigenvalue weighted by Crippen LogP contribution is -2.30. The van der Waals surface area contributed by atoms with Crippen LogP contribution in [0.15, 0.2) is 29.2 Å². The number of nitrogens with two attached hydrogens (primary N) is 1. The van der Waals surface area contributed by atoms with E-state index in [0.29, 0.717) is 5.57 Å².